The van der Waals surface area contributed by atoms with E-state index in [0.717, 1.165) is 5.57 Å². The van der Waals surface area contributed by atoms with Crippen LogP contribution in [-0.2, 0) is 21.6 Å². The first-order valence-electron chi connectivity index (χ1n) is 13.8. The van der Waals surface area contributed by atoms with E-state index in [1.807, 2.05) is 51.1 Å². The predicted octanol–water partition coefficient (Wildman–Crippen LogP) is 5.67. The van der Waals surface area contributed by atoms with Crippen molar-refractivity contribution in [3.05, 3.63) is 131 Å². The highest BCUT2D eigenvalue weighted by Crippen LogP contribution is 2.44. The number of nitrogens with zero attached hydrogens (tertiary/aromatic N) is 3. The number of piperidine rings is 1. The van der Waals surface area contributed by atoms with Crippen molar-refractivity contribution >= 4 is 12.0 Å². The van der Waals surface area contributed by atoms with Crippen LogP contribution in [-0.4, -0.2) is 50.6 Å². The smallest absolute Gasteiger partial charge is 0.328 e. The second-order valence-electron chi connectivity index (χ2n) is 11.3. The maximum atomic E-state index is 12.3. The Bertz CT molecular complexity index is 1340. The number of hydrogen-bond acceptors (Lipinski definition) is 5. The SMILES string of the molecule is CC(C)(C)OC(=O)Cn1ccc(/C=C2/CN(C(c3ccccc3)(c3ccccc3)c3ccccc3)CCC2O)n1. The van der Waals surface area contributed by atoms with Crippen LogP contribution >= 0.6 is 0 Å². The predicted molar refractivity (Wildman–Crippen MR) is 157 cm³/mol. The van der Waals surface area contributed by atoms with E-state index in [-0.39, 0.29) is 12.5 Å². The van der Waals surface area contributed by atoms with Crippen LogP contribution in [0.25, 0.3) is 6.08 Å². The summed E-state index contributed by atoms with van der Waals surface area (Å²) in [5.41, 5.74) is 4.00. The normalized spacial score (nSPS) is 17.6. The molecule has 206 valence electrons. The van der Waals surface area contributed by atoms with Gasteiger partial charge in [-0.1, -0.05) is 91.0 Å². The molecule has 1 unspecified atom stereocenters. The van der Waals surface area contributed by atoms with E-state index in [1.165, 1.54) is 16.7 Å². The third-order valence-electron chi connectivity index (χ3n) is 7.23. The lowest BCUT2D eigenvalue weighted by Crippen LogP contribution is -2.52. The van der Waals surface area contributed by atoms with Crippen LogP contribution in [0.3, 0.4) is 0 Å². The summed E-state index contributed by atoms with van der Waals surface area (Å²) in [6, 6.07) is 33.6. The fraction of sp³-hybridized carbons (Fsp3) is 0.294. The summed E-state index contributed by atoms with van der Waals surface area (Å²) in [4.78, 5) is 14.8. The molecule has 0 spiro atoms. The molecule has 0 amide bonds. The molecule has 6 nitrogen and oxygen atoms in total. The summed E-state index contributed by atoms with van der Waals surface area (Å²) in [6.07, 6.45) is 3.74. The molecule has 3 aromatic carbocycles. The number of aliphatic hydroxyl groups excluding tert-OH is 1. The Kier molecular flexibility index (Phi) is 8.01. The molecular weight excluding hydrogens is 498 g/mol. The van der Waals surface area contributed by atoms with Gasteiger partial charge in [-0.2, -0.15) is 5.10 Å². The first-order valence-corrected chi connectivity index (χ1v) is 13.8. The van der Waals surface area contributed by atoms with Crippen LogP contribution in [0.1, 0.15) is 49.6 Å². The molecule has 0 aliphatic carbocycles. The van der Waals surface area contributed by atoms with Gasteiger partial charge in [-0.25, -0.2) is 0 Å². The van der Waals surface area contributed by atoms with Crippen LogP contribution < -0.4 is 0 Å². The highest BCUT2D eigenvalue weighted by Gasteiger charge is 2.44. The van der Waals surface area contributed by atoms with Gasteiger partial charge in [0.1, 0.15) is 12.1 Å². The fourth-order valence-corrected chi connectivity index (χ4v) is 5.62. The van der Waals surface area contributed by atoms with E-state index in [0.29, 0.717) is 25.2 Å². The van der Waals surface area contributed by atoms with Gasteiger partial charge in [-0.15, -0.1) is 0 Å². The van der Waals surface area contributed by atoms with Gasteiger partial charge in [0, 0.05) is 19.3 Å². The molecule has 1 N–H and O–H groups in total. The first-order chi connectivity index (χ1) is 19.3. The molecule has 1 aromatic heterocycles. The molecule has 1 saturated heterocycles. The minimum atomic E-state index is -0.577. The van der Waals surface area contributed by atoms with E-state index in [1.54, 1.807) is 10.9 Å². The highest BCUT2D eigenvalue weighted by molar-refractivity contribution is 5.69. The van der Waals surface area contributed by atoms with Crippen molar-refractivity contribution in [1.29, 1.82) is 0 Å². The van der Waals surface area contributed by atoms with Crippen molar-refractivity contribution in [2.24, 2.45) is 0 Å². The third-order valence-corrected chi connectivity index (χ3v) is 7.23. The zero-order valence-electron chi connectivity index (χ0n) is 23.4. The Morgan fingerprint density at radius 1 is 0.900 bits per heavy atom. The lowest BCUT2D eigenvalue weighted by Gasteiger charge is -2.48. The van der Waals surface area contributed by atoms with Gasteiger partial charge >= 0.3 is 5.97 Å². The number of hydrogen-bond donors (Lipinski definition) is 1. The van der Waals surface area contributed by atoms with Crippen molar-refractivity contribution in [1.82, 2.24) is 14.7 Å². The average Bonchev–Trinajstić information content (AvgIpc) is 3.38. The molecular formula is C34H37N3O3. The van der Waals surface area contributed by atoms with Crippen LogP contribution in [0, 0.1) is 0 Å². The van der Waals surface area contributed by atoms with E-state index < -0.39 is 17.2 Å². The lowest BCUT2D eigenvalue weighted by atomic mass is 9.74. The molecule has 40 heavy (non-hydrogen) atoms. The van der Waals surface area contributed by atoms with Gasteiger partial charge in [-0.3, -0.25) is 14.4 Å². The number of ether oxygens (including phenoxy) is 1. The number of aliphatic hydroxyl groups is 1. The molecule has 0 radical (unpaired) electrons. The maximum absolute atomic E-state index is 12.3. The largest absolute Gasteiger partial charge is 0.459 e. The number of rotatable bonds is 7. The van der Waals surface area contributed by atoms with Crippen molar-refractivity contribution in [3.8, 4) is 0 Å². The van der Waals surface area contributed by atoms with Gasteiger partial charge < -0.3 is 9.84 Å². The van der Waals surface area contributed by atoms with Gasteiger partial charge in [0.25, 0.3) is 0 Å². The maximum Gasteiger partial charge on any atom is 0.328 e. The molecule has 4 aromatic rings. The van der Waals surface area contributed by atoms with Crippen molar-refractivity contribution < 1.29 is 14.6 Å². The van der Waals surface area contributed by atoms with E-state index in [4.69, 9.17) is 4.74 Å². The standard InChI is InChI=1S/C34H37N3O3/c1-33(2,3)40-32(39)25-37-22-19-30(35-37)23-26-24-36(21-20-31(26)38)34(27-13-7-4-8-14-27,28-15-9-5-10-16-28)29-17-11-6-12-18-29/h4-19,22-23,31,38H,20-21,24-25H2,1-3H3/b26-23-. The number of carbonyl (C=O) groups excluding carboxylic acids is 1. The zero-order chi connectivity index (χ0) is 28.2. The molecule has 1 atom stereocenters. The van der Waals surface area contributed by atoms with E-state index in [2.05, 4.69) is 82.8 Å². The number of benzene rings is 3. The lowest BCUT2D eigenvalue weighted by molar-refractivity contribution is -0.155. The average molecular weight is 536 g/mol. The molecule has 0 bridgehead atoms. The van der Waals surface area contributed by atoms with Gasteiger partial charge in [0.05, 0.1) is 17.3 Å². The quantitative estimate of drug-likeness (QED) is 0.244. The summed E-state index contributed by atoms with van der Waals surface area (Å²) in [6.45, 7) is 6.85. The van der Waals surface area contributed by atoms with Crippen LogP contribution in [0.2, 0.25) is 0 Å². The minimum absolute atomic E-state index is 0.0360. The van der Waals surface area contributed by atoms with Gasteiger partial charge in [-0.05, 0) is 61.6 Å². The summed E-state index contributed by atoms with van der Waals surface area (Å²) >= 11 is 0. The number of aromatic nitrogens is 2. The van der Waals surface area contributed by atoms with Crippen LogP contribution in [0.15, 0.2) is 109 Å². The Balaban J connectivity index is 1.52. The second kappa shape index (κ2) is 11.6. The molecule has 6 heteroatoms. The molecule has 1 fully saturated rings. The molecule has 1 aliphatic heterocycles. The Hall–Kier alpha value is -4.00. The van der Waals surface area contributed by atoms with Crippen molar-refractivity contribution in [2.45, 2.75) is 51.0 Å². The number of likely N-dealkylation sites (tertiary alicyclic amines) is 1. The van der Waals surface area contributed by atoms with Crippen molar-refractivity contribution in [2.75, 3.05) is 13.1 Å². The molecule has 2 heterocycles. The Labute approximate surface area is 236 Å². The number of esters is 1. The summed E-state index contributed by atoms with van der Waals surface area (Å²) in [5, 5.41) is 15.7. The Morgan fingerprint density at radius 3 is 1.93 bits per heavy atom. The highest BCUT2D eigenvalue weighted by atomic mass is 16.6. The molecule has 0 saturated carbocycles. The first kappa shape index (κ1) is 27.6. The molecule has 5 rings (SSSR count). The van der Waals surface area contributed by atoms with Gasteiger partial charge in [0.2, 0.25) is 0 Å². The Morgan fingerprint density at radius 2 is 1.43 bits per heavy atom. The summed E-state index contributed by atoms with van der Waals surface area (Å²) in [5.74, 6) is -0.336. The van der Waals surface area contributed by atoms with E-state index >= 15 is 0 Å². The molecule has 1 aliphatic rings. The van der Waals surface area contributed by atoms with Gasteiger partial charge in [0.15, 0.2) is 0 Å². The second-order valence-corrected chi connectivity index (χ2v) is 11.3. The minimum Gasteiger partial charge on any atom is -0.459 e. The van der Waals surface area contributed by atoms with Crippen LogP contribution in [0.4, 0.5) is 0 Å². The zero-order valence-corrected chi connectivity index (χ0v) is 23.4. The topological polar surface area (TPSA) is 67.6 Å². The van der Waals surface area contributed by atoms with E-state index in [9.17, 15) is 9.90 Å². The monoisotopic (exact) mass is 535 g/mol. The number of carbonyl (C=O) groups is 1. The summed E-state index contributed by atoms with van der Waals surface area (Å²) < 4.78 is 7.01. The third kappa shape index (κ3) is 5.93. The summed E-state index contributed by atoms with van der Waals surface area (Å²) in [7, 11) is 0. The van der Waals surface area contributed by atoms with Crippen molar-refractivity contribution in [3.63, 3.8) is 0 Å². The van der Waals surface area contributed by atoms with Crippen LogP contribution in [0.5, 0.6) is 0 Å². The fourth-order valence-electron chi connectivity index (χ4n) is 5.62.